The minimum absolute atomic E-state index is 0.0130. The van der Waals surface area contributed by atoms with E-state index < -0.39 is 33.0 Å². The number of nitrogens with one attached hydrogen (secondary N) is 1. The fraction of sp³-hybridized carbons (Fsp3) is 0.818. The summed E-state index contributed by atoms with van der Waals surface area (Å²) in [5.74, 6) is -1.93. The van der Waals surface area contributed by atoms with E-state index in [1.807, 2.05) is 0 Å². The second-order valence-corrected chi connectivity index (χ2v) is 6.84. The minimum atomic E-state index is -3.45. The molecule has 1 amide bonds. The van der Waals surface area contributed by atoms with Crippen molar-refractivity contribution in [2.75, 3.05) is 19.5 Å². The lowest BCUT2D eigenvalue weighted by Crippen LogP contribution is -2.49. The summed E-state index contributed by atoms with van der Waals surface area (Å²) in [6, 6.07) is -1.12. The molecule has 0 bridgehead atoms. The second-order valence-electron chi connectivity index (χ2n) is 4.53. The van der Waals surface area contributed by atoms with Crippen LogP contribution in [-0.2, 0) is 24.2 Å². The topological polar surface area (TPSA) is 110 Å². The molecule has 1 saturated heterocycles. The highest BCUT2D eigenvalue weighted by molar-refractivity contribution is 7.92. The maximum absolute atomic E-state index is 11.9. The van der Waals surface area contributed by atoms with Gasteiger partial charge in [-0.25, -0.2) is 13.2 Å². The first kappa shape index (κ1) is 15.9. The first-order valence-electron chi connectivity index (χ1n) is 6.12. The molecule has 8 heteroatoms. The summed E-state index contributed by atoms with van der Waals surface area (Å²) < 4.78 is 28.3. The van der Waals surface area contributed by atoms with E-state index in [0.717, 1.165) is 0 Å². The summed E-state index contributed by atoms with van der Waals surface area (Å²) in [5.41, 5.74) is 0. The number of rotatable bonds is 6. The predicted octanol–water partition coefficient (Wildman–Crippen LogP) is -0.440. The maximum atomic E-state index is 11.9. The molecule has 7 nitrogen and oxygen atoms in total. The van der Waals surface area contributed by atoms with Gasteiger partial charge in [-0.15, -0.1) is 0 Å². The summed E-state index contributed by atoms with van der Waals surface area (Å²) in [6.45, 7) is 0.175. The third kappa shape index (κ3) is 4.46. The number of methoxy groups -OCH3 is 1. The molecule has 1 aliphatic rings. The first-order valence-corrected chi connectivity index (χ1v) is 7.83. The van der Waals surface area contributed by atoms with E-state index in [1.54, 1.807) is 0 Å². The number of amides is 1. The normalized spacial score (nSPS) is 23.5. The Bertz CT molecular complexity index is 432. The van der Waals surface area contributed by atoms with Crippen LogP contribution in [0.1, 0.15) is 25.7 Å². The summed E-state index contributed by atoms with van der Waals surface area (Å²) in [5, 5.41) is 10.1. The smallest absolute Gasteiger partial charge is 0.326 e. The molecule has 0 spiro atoms. The van der Waals surface area contributed by atoms with Crippen molar-refractivity contribution < 1.29 is 27.9 Å². The molecule has 2 N–H and O–H groups in total. The van der Waals surface area contributed by atoms with Gasteiger partial charge in [-0.3, -0.25) is 4.79 Å². The van der Waals surface area contributed by atoms with Crippen LogP contribution < -0.4 is 5.32 Å². The molecule has 1 fully saturated rings. The first-order chi connectivity index (χ1) is 8.88. The highest BCUT2D eigenvalue weighted by atomic mass is 32.2. The highest BCUT2D eigenvalue weighted by Crippen LogP contribution is 2.19. The zero-order valence-corrected chi connectivity index (χ0v) is 11.6. The van der Waals surface area contributed by atoms with Gasteiger partial charge in [0.25, 0.3) is 0 Å². The van der Waals surface area contributed by atoms with E-state index in [-0.39, 0.29) is 25.2 Å². The number of ether oxygens (including phenoxy) is 1. The zero-order valence-electron chi connectivity index (χ0n) is 10.8. The van der Waals surface area contributed by atoms with Gasteiger partial charge in [0.05, 0.1) is 5.75 Å². The Hall–Kier alpha value is -1.15. The molecular weight excluding hydrogens is 274 g/mol. The van der Waals surface area contributed by atoms with Crippen molar-refractivity contribution >= 4 is 21.7 Å². The predicted molar refractivity (Wildman–Crippen MR) is 67.5 cm³/mol. The second kappa shape index (κ2) is 6.85. The molecule has 1 rings (SSSR count). The van der Waals surface area contributed by atoms with Gasteiger partial charge in [0.1, 0.15) is 11.3 Å². The third-order valence-corrected chi connectivity index (χ3v) is 5.27. The van der Waals surface area contributed by atoms with Gasteiger partial charge in [-0.1, -0.05) is 6.42 Å². The van der Waals surface area contributed by atoms with E-state index >= 15 is 0 Å². The van der Waals surface area contributed by atoms with Crippen LogP contribution in [0.25, 0.3) is 0 Å². The molecule has 2 atom stereocenters. The van der Waals surface area contributed by atoms with Gasteiger partial charge in [0.2, 0.25) is 5.91 Å². The van der Waals surface area contributed by atoms with Crippen LogP contribution in [-0.4, -0.2) is 56.2 Å². The van der Waals surface area contributed by atoms with Crippen LogP contribution in [0.5, 0.6) is 0 Å². The monoisotopic (exact) mass is 293 g/mol. The van der Waals surface area contributed by atoms with E-state index in [2.05, 4.69) is 5.32 Å². The number of sulfone groups is 1. The number of carboxylic acid groups (broad SMARTS) is 1. The molecule has 0 radical (unpaired) electrons. The molecule has 0 aromatic heterocycles. The van der Waals surface area contributed by atoms with Crippen LogP contribution in [0.2, 0.25) is 0 Å². The lowest BCUT2D eigenvalue weighted by atomic mass is 10.1. The number of aliphatic carboxylic acids is 1. The largest absolute Gasteiger partial charge is 0.480 e. The van der Waals surface area contributed by atoms with Gasteiger partial charge in [0.15, 0.2) is 9.84 Å². The Kier molecular flexibility index (Phi) is 5.74. The van der Waals surface area contributed by atoms with Crippen LogP contribution in [0, 0.1) is 0 Å². The number of carbonyl (C=O) groups is 2. The van der Waals surface area contributed by atoms with Gasteiger partial charge < -0.3 is 15.2 Å². The minimum Gasteiger partial charge on any atom is -0.480 e. The number of hydrogen-bond acceptors (Lipinski definition) is 5. The summed E-state index contributed by atoms with van der Waals surface area (Å²) in [7, 11) is -2.03. The standard InChI is InChI=1S/C11H19NO6S/c1-18-6-5-8(11(14)15)12-10(13)9-4-2-3-7-19(9,16)17/h8-9H,2-7H2,1H3,(H,12,13)(H,14,15). The van der Waals surface area contributed by atoms with E-state index in [1.165, 1.54) is 7.11 Å². The Labute approximate surface area is 112 Å². The van der Waals surface area contributed by atoms with E-state index in [0.29, 0.717) is 12.8 Å². The highest BCUT2D eigenvalue weighted by Gasteiger charge is 2.36. The Morgan fingerprint density at radius 3 is 2.63 bits per heavy atom. The lowest BCUT2D eigenvalue weighted by molar-refractivity contribution is -0.142. The van der Waals surface area contributed by atoms with E-state index in [9.17, 15) is 18.0 Å². The zero-order chi connectivity index (χ0) is 14.5. The molecular formula is C11H19NO6S. The molecule has 1 heterocycles. The van der Waals surface area contributed by atoms with Crippen molar-refractivity contribution in [1.29, 1.82) is 0 Å². The van der Waals surface area contributed by atoms with Crippen molar-refractivity contribution in [2.45, 2.75) is 37.0 Å². The number of carboxylic acids is 1. The Morgan fingerprint density at radius 1 is 1.42 bits per heavy atom. The summed E-state index contributed by atoms with van der Waals surface area (Å²) in [4.78, 5) is 22.9. The van der Waals surface area contributed by atoms with Crippen LogP contribution in [0.4, 0.5) is 0 Å². The number of carbonyl (C=O) groups excluding carboxylic acids is 1. The fourth-order valence-electron chi connectivity index (χ4n) is 2.01. The molecule has 0 aromatic carbocycles. The average molecular weight is 293 g/mol. The molecule has 0 saturated carbocycles. The molecule has 19 heavy (non-hydrogen) atoms. The van der Waals surface area contributed by atoms with Gasteiger partial charge in [0, 0.05) is 20.1 Å². The van der Waals surface area contributed by atoms with Gasteiger partial charge in [-0.2, -0.15) is 0 Å². The lowest BCUT2D eigenvalue weighted by Gasteiger charge is -2.23. The molecule has 2 unspecified atom stereocenters. The van der Waals surface area contributed by atoms with Crippen LogP contribution in [0.3, 0.4) is 0 Å². The van der Waals surface area contributed by atoms with Crippen LogP contribution in [0.15, 0.2) is 0 Å². The number of hydrogen-bond donors (Lipinski definition) is 2. The Morgan fingerprint density at radius 2 is 2.11 bits per heavy atom. The van der Waals surface area contributed by atoms with Crippen LogP contribution >= 0.6 is 0 Å². The van der Waals surface area contributed by atoms with Gasteiger partial charge >= 0.3 is 5.97 Å². The van der Waals surface area contributed by atoms with Gasteiger partial charge in [-0.05, 0) is 12.8 Å². The van der Waals surface area contributed by atoms with Crippen molar-refractivity contribution in [3.8, 4) is 0 Å². The van der Waals surface area contributed by atoms with E-state index in [4.69, 9.17) is 9.84 Å². The summed E-state index contributed by atoms with van der Waals surface area (Å²) >= 11 is 0. The molecule has 0 aromatic rings. The third-order valence-electron chi connectivity index (χ3n) is 3.10. The van der Waals surface area contributed by atoms with Crippen molar-refractivity contribution in [1.82, 2.24) is 5.32 Å². The molecule has 0 aliphatic carbocycles. The molecule has 110 valence electrons. The average Bonchev–Trinajstić information content (AvgIpc) is 2.33. The Balaban J connectivity index is 2.68. The quantitative estimate of drug-likeness (QED) is 0.687. The van der Waals surface area contributed by atoms with Crippen molar-refractivity contribution in [3.05, 3.63) is 0 Å². The maximum Gasteiger partial charge on any atom is 0.326 e. The SMILES string of the molecule is COCCC(NC(=O)C1CCCCS1(=O)=O)C(=O)O. The van der Waals surface area contributed by atoms with Crippen molar-refractivity contribution in [2.24, 2.45) is 0 Å². The summed E-state index contributed by atoms with van der Waals surface area (Å²) in [6.07, 6.45) is 1.57. The fourth-order valence-corrected chi connectivity index (χ4v) is 3.82. The molecule has 1 aliphatic heterocycles. The van der Waals surface area contributed by atoms with Crippen molar-refractivity contribution in [3.63, 3.8) is 0 Å².